The molecule has 178 valence electrons. The van der Waals surface area contributed by atoms with Gasteiger partial charge in [-0.25, -0.2) is 0 Å². The van der Waals surface area contributed by atoms with Crippen molar-refractivity contribution in [2.24, 2.45) is 5.92 Å². The Labute approximate surface area is 194 Å². The molecular weight excluding hydrogens is 400 g/mol. The Morgan fingerprint density at radius 1 is 1.00 bits per heavy atom. The molecule has 1 saturated carbocycles. The van der Waals surface area contributed by atoms with Crippen LogP contribution in [0.2, 0.25) is 0 Å². The highest BCUT2D eigenvalue weighted by Crippen LogP contribution is 2.31. The molecule has 6 nitrogen and oxygen atoms in total. The zero-order valence-electron chi connectivity index (χ0n) is 20.3. The Morgan fingerprint density at radius 3 is 2.19 bits per heavy atom. The molecule has 32 heavy (non-hydrogen) atoms. The molecule has 0 aromatic heterocycles. The number of benzene rings is 1. The quantitative estimate of drug-likeness (QED) is 0.605. The average molecular weight is 443 g/mol. The van der Waals surface area contributed by atoms with Crippen molar-refractivity contribution in [2.45, 2.75) is 58.9 Å². The molecule has 1 N–H and O–H groups in total. The van der Waals surface area contributed by atoms with E-state index in [2.05, 4.69) is 35.9 Å². The lowest BCUT2D eigenvalue weighted by Gasteiger charge is -2.41. The molecule has 1 atom stereocenters. The summed E-state index contributed by atoms with van der Waals surface area (Å²) in [5, 5.41) is 3.22. The molecule has 1 aromatic carbocycles. The first-order valence-electron chi connectivity index (χ1n) is 12.7. The van der Waals surface area contributed by atoms with E-state index in [0.717, 1.165) is 57.5 Å². The molecule has 6 heteroatoms. The third kappa shape index (κ3) is 6.32. The van der Waals surface area contributed by atoms with Gasteiger partial charge >= 0.3 is 0 Å². The number of carbonyl (C=O) groups is 2. The van der Waals surface area contributed by atoms with E-state index in [4.69, 9.17) is 0 Å². The predicted octanol–water partition coefficient (Wildman–Crippen LogP) is 3.02. The molecule has 2 aliphatic rings. The zero-order chi connectivity index (χ0) is 22.9. The zero-order valence-corrected chi connectivity index (χ0v) is 20.3. The lowest BCUT2D eigenvalue weighted by molar-refractivity contribution is -0.129. The Balaban J connectivity index is 1.57. The largest absolute Gasteiger partial charge is 0.353 e. The summed E-state index contributed by atoms with van der Waals surface area (Å²) in [6.45, 7) is 13.0. The Morgan fingerprint density at radius 2 is 1.62 bits per heavy atom. The van der Waals surface area contributed by atoms with Gasteiger partial charge in [0.25, 0.3) is 5.91 Å². The SMILES string of the molecule is CCc1ccc(C(=O)N2CCN(C(C(=O)NCCN(CC)CC)C3CCCC3)CC2)cc1. The minimum atomic E-state index is -0.0599. The van der Waals surface area contributed by atoms with Crippen LogP contribution in [0.5, 0.6) is 0 Å². The molecular formula is C26H42N4O2. The standard InChI is InChI=1S/C26H42N4O2/c1-4-21-11-13-23(14-12-21)26(32)30-19-17-29(18-20-30)24(22-9-7-8-10-22)25(31)27-15-16-28(5-2)6-3/h11-14,22,24H,4-10,15-20H2,1-3H3,(H,27,31). The maximum atomic E-state index is 13.2. The lowest BCUT2D eigenvalue weighted by atomic mass is 9.95. The van der Waals surface area contributed by atoms with Crippen molar-refractivity contribution >= 4 is 11.8 Å². The molecule has 1 saturated heterocycles. The fourth-order valence-corrected chi connectivity index (χ4v) is 5.20. The first kappa shape index (κ1) is 24.7. The first-order valence-corrected chi connectivity index (χ1v) is 12.7. The number of piperazine rings is 1. The van der Waals surface area contributed by atoms with E-state index in [9.17, 15) is 9.59 Å². The van der Waals surface area contributed by atoms with Gasteiger partial charge in [-0.1, -0.05) is 45.7 Å². The van der Waals surface area contributed by atoms with Gasteiger partial charge < -0.3 is 15.1 Å². The normalized spacial score (nSPS) is 18.8. The third-order valence-electron chi connectivity index (χ3n) is 7.34. The maximum Gasteiger partial charge on any atom is 0.253 e. The lowest BCUT2D eigenvalue weighted by Crippen LogP contribution is -2.58. The van der Waals surface area contributed by atoms with E-state index in [1.807, 2.05) is 29.2 Å². The smallest absolute Gasteiger partial charge is 0.253 e. The monoisotopic (exact) mass is 442 g/mol. The number of hydrogen-bond acceptors (Lipinski definition) is 4. The number of rotatable bonds is 10. The van der Waals surface area contributed by atoms with Crippen LogP contribution in [-0.2, 0) is 11.2 Å². The van der Waals surface area contributed by atoms with Gasteiger partial charge in [-0.3, -0.25) is 14.5 Å². The number of hydrogen-bond donors (Lipinski definition) is 1. The molecule has 2 fully saturated rings. The molecule has 3 rings (SSSR count). The number of amides is 2. The van der Waals surface area contributed by atoms with Crippen molar-refractivity contribution in [1.29, 1.82) is 0 Å². The van der Waals surface area contributed by atoms with Crippen molar-refractivity contribution < 1.29 is 9.59 Å². The van der Waals surface area contributed by atoms with Gasteiger partial charge in [0.2, 0.25) is 5.91 Å². The fraction of sp³-hybridized carbons (Fsp3) is 0.692. The summed E-state index contributed by atoms with van der Waals surface area (Å²) in [4.78, 5) is 32.8. The molecule has 0 bridgehead atoms. The van der Waals surface area contributed by atoms with Crippen molar-refractivity contribution in [3.8, 4) is 0 Å². The van der Waals surface area contributed by atoms with E-state index >= 15 is 0 Å². The van der Waals surface area contributed by atoms with Crippen LogP contribution in [0, 0.1) is 5.92 Å². The molecule has 1 aliphatic carbocycles. The number of aryl methyl sites for hydroxylation is 1. The summed E-state index contributed by atoms with van der Waals surface area (Å²) in [5.41, 5.74) is 2.01. The summed E-state index contributed by atoms with van der Waals surface area (Å²) < 4.78 is 0. The van der Waals surface area contributed by atoms with Gasteiger partial charge in [0, 0.05) is 44.8 Å². The second-order valence-corrected chi connectivity index (χ2v) is 9.19. The van der Waals surface area contributed by atoms with Crippen LogP contribution >= 0.6 is 0 Å². The van der Waals surface area contributed by atoms with Crippen molar-refractivity contribution in [2.75, 3.05) is 52.4 Å². The maximum absolute atomic E-state index is 13.2. The van der Waals surface area contributed by atoms with Gasteiger partial charge in [-0.15, -0.1) is 0 Å². The van der Waals surface area contributed by atoms with E-state index in [0.29, 0.717) is 25.6 Å². The van der Waals surface area contributed by atoms with Crippen LogP contribution in [0.1, 0.15) is 62.4 Å². The highest BCUT2D eigenvalue weighted by molar-refractivity contribution is 5.94. The summed E-state index contributed by atoms with van der Waals surface area (Å²) in [6.07, 6.45) is 5.70. The fourth-order valence-electron chi connectivity index (χ4n) is 5.20. The third-order valence-corrected chi connectivity index (χ3v) is 7.34. The number of nitrogens with zero attached hydrogens (tertiary/aromatic N) is 3. The average Bonchev–Trinajstić information content (AvgIpc) is 3.36. The van der Waals surface area contributed by atoms with Crippen LogP contribution in [0.3, 0.4) is 0 Å². The van der Waals surface area contributed by atoms with Crippen molar-refractivity contribution in [3.63, 3.8) is 0 Å². The molecule has 2 amide bonds. The topological polar surface area (TPSA) is 55.9 Å². The van der Waals surface area contributed by atoms with Gasteiger partial charge in [-0.2, -0.15) is 0 Å². The van der Waals surface area contributed by atoms with E-state index in [-0.39, 0.29) is 17.9 Å². The van der Waals surface area contributed by atoms with Crippen LogP contribution in [0.4, 0.5) is 0 Å². The van der Waals surface area contributed by atoms with E-state index < -0.39 is 0 Å². The number of likely N-dealkylation sites (N-methyl/N-ethyl adjacent to an activating group) is 1. The second-order valence-electron chi connectivity index (χ2n) is 9.19. The minimum Gasteiger partial charge on any atom is -0.353 e. The predicted molar refractivity (Wildman–Crippen MR) is 130 cm³/mol. The van der Waals surface area contributed by atoms with Gasteiger partial charge in [0.05, 0.1) is 6.04 Å². The van der Waals surface area contributed by atoms with E-state index in [1.54, 1.807) is 0 Å². The highest BCUT2D eigenvalue weighted by atomic mass is 16.2. The van der Waals surface area contributed by atoms with E-state index in [1.165, 1.54) is 18.4 Å². The Hall–Kier alpha value is -1.92. The van der Waals surface area contributed by atoms with Crippen molar-refractivity contribution in [1.82, 2.24) is 20.0 Å². The molecule has 1 aliphatic heterocycles. The molecule has 0 radical (unpaired) electrons. The van der Waals surface area contributed by atoms with Gasteiger partial charge in [0.1, 0.15) is 0 Å². The molecule has 1 aromatic rings. The summed E-state index contributed by atoms with van der Waals surface area (Å²) in [5.74, 6) is 0.722. The van der Waals surface area contributed by atoms with Crippen LogP contribution < -0.4 is 5.32 Å². The number of nitrogens with one attached hydrogen (secondary N) is 1. The second kappa shape index (κ2) is 12.4. The Kier molecular flexibility index (Phi) is 9.54. The number of carbonyl (C=O) groups excluding carboxylic acids is 2. The van der Waals surface area contributed by atoms with Crippen LogP contribution in [-0.4, -0.2) is 84.9 Å². The first-order chi connectivity index (χ1) is 15.6. The van der Waals surface area contributed by atoms with Gasteiger partial charge in [-0.05, 0) is 56.0 Å². The molecule has 1 heterocycles. The molecule has 0 spiro atoms. The summed E-state index contributed by atoms with van der Waals surface area (Å²) in [7, 11) is 0. The van der Waals surface area contributed by atoms with Crippen LogP contribution in [0.25, 0.3) is 0 Å². The summed E-state index contributed by atoms with van der Waals surface area (Å²) >= 11 is 0. The van der Waals surface area contributed by atoms with Gasteiger partial charge in [0.15, 0.2) is 0 Å². The van der Waals surface area contributed by atoms with Crippen molar-refractivity contribution in [3.05, 3.63) is 35.4 Å². The highest BCUT2D eigenvalue weighted by Gasteiger charge is 2.37. The summed E-state index contributed by atoms with van der Waals surface area (Å²) in [6, 6.07) is 7.91. The molecule has 1 unspecified atom stereocenters. The Bertz CT molecular complexity index is 718. The van der Waals surface area contributed by atoms with Crippen LogP contribution in [0.15, 0.2) is 24.3 Å². The minimum absolute atomic E-state index is 0.0599.